The number of rotatable bonds is 7. The molecule has 10 nitrogen and oxygen atoms in total. The number of hydrogen-bond donors (Lipinski definition) is 1. The van der Waals surface area contributed by atoms with Crippen molar-refractivity contribution in [2.24, 2.45) is 0 Å². The Kier molecular flexibility index (Phi) is 8.65. The third-order valence-electron chi connectivity index (χ3n) is 7.45. The summed E-state index contributed by atoms with van der Waals surface area (Å²) in [6, 6.07) is 5.45. The smallest absolute Gasteiger partial charge is 0.421 e. The largest absolute Gasteiger partial charge is 0.489 e. The van der Waals surface area contributed by atoms with Crippen LogP contribution < -0.4 is 20.1 Å². The first-order valence-electron chi connectivity index (χ1n) is 13.6. The lowest BCUT2D eigenvalue weighted by molar-refractivity contribution is -0.139. The molecule has 0 saturated carbocycles. The molecule has 0 spiro atoms. The monoisotopic (exact) mass is 629 g/mol. The summed E-state index contributed by atoms with van der Waals surface area (Å²) in [5, 5.41) is 5.71. The molecule has 4 heterocycles. The number of ether oxygens (including phenoxy) is 1. The molecule has 17 heteroatoms. The minimum atomic E-state index is -4.91. The van der Waals surface area contributed by atoms with Gasteiger partial charge in [0.15, 0.2) is 0 Å². The Morgan fingerprint density at radius 1 is 0.977 bits per heavy atom. The second-order valence-corrected chi connectivity index (χ2v) is 10.4. The Hall–Kier alpha value is -4.44. The van der Waals surface area contributed by atoms with E-state index in [0.717, 1.165) is 0 Å². The second kappa shape index (κ2) is 12.3. The first-order chi connectivity index (χ1) is 20.8. The van der Waals surface area contributed by atoms with E-state index in [1.165, 1.54) is 24.3 Å². The van der Waals surface area contributed by atoms with Crippen molar-refractivity contribution in [3.8, 4) is 5.75 Å². The number of aromatic nitrogens is 4. The van der Waals surface area contributed by atoms with Crippen molar-refractivity contribution in [3.05, 3.63) is 70.0 Å². The van der Waals surface area contributed by atoms with Gasteiger partial charge in [0.2, 0.25) is 11.9 Å². The third kappa shape index (κ3) is 7.19. The number of carbonyl (C=O) groups excluding carboxylic acids is 1. The van der Waals surface area contributed by atoms with Crippen LogP contribution in [0.3, 0.4) is 0 Å². The van der Waals surface area contributed by atoms with Gasteiger partial charge in [-0.05, 0) is 30.7 Å². The van der Waals surface area contributed by atoms with E-state index >= 15 is 0 Å². The fraction of sp³-hybridized carbons (Fsp3) is 0.444. The second-order valence-electron chi connectivity index (χ2n) is 10.4. The maximum absolute atomic E-state index is 13.4. The number of amides is 1. The zero-order valence-corrected chi connectivity index (χ0v) is 22.9. The zero-order chi connectivity index (χ0) is 31.6. The van der Waals surface area contributed by atoms with Crippen molar-refractivity contribution < 1.29 is 40.3 Å². The molecule has 0 radical (unpaired) electrons. The summed E-state index contributed by atoms with van der Waals surface area (Å²) in [6.07, 6.45) is -8.01. The number of hydrogen-bond acceptors (Lipinski definition) is 8. The Labute approximate surface area is 245 Å². The van der Waals surface area contributed by atoms with Crippen LogP contribution in [0.25, 0.3) is 0 Å². The maximum Gasteiger partial charge on any atom is 0.421 e. The van der Waals surface area contributed by atoms with Gasteiger partial charge in [-0.15, -0.1) is 0 Å². The minimum absolute atomic E-state index is 0.0384. The van der Waals surface area contributed by atoms with E-state index in [9.17, 15) is 40.3 Å². The van der Waals surface area contributed by atoms with Crippen LogP contribution >= 0.6 is 0 Å². The summed E-state index contributed by atoms with van der Waals surface area (Å²) in [5.74, 6) is -0.346. The number of alkyl halides is 6. The molecule has 3 aromatic rings. The molecule has 0 aliphatic carbocycles. The molecule has 1 N–H and O–H groups in total. The van der Waals surface area contributed by atoms with Crippen LogP contribution in [0, 0.1) is 5.82 Å². The average Bonchev–Trinajstić information content (AvgIpc) is 3.39. The molecule has 1 amide bonds. The van der Waals surface area contributed by atoms with Crippen LogP contribution in [0.15, 0.2) is 47.5 Å². The highest BCUT2D eigenvalue weighted by Crippen LogP contribution is 2.33. The summed E-state index contributed by atoms with van der Waals surface area (Å²) in [7, 11) is 0. The Morgan fingerprint density at radius 3 is 2.25 bits per heavy atom. The molecule has 1 aromatic carbocycles. The quantitative estimate of drug-likeness (QED) is 0.393. The van der Waals surface area contributed by atoms with E-state index in [2.05, 4.69) is 15.1 Å². The summed E-state index contributed by atoms with van der Waals surface area (Å²) in [4.78, 5) is 37.3. The van der Waals surface area contributed by atoms with Gasteiger partial charge < -0.3 is 19.4 Å². The van der Waals surface area contributed by atoms with Crippen LogP contribution in [-0.2, 0) is 17.1 Å². The molecular weight excluding hydrogens is 603 g/mol. The molecule has 2 saturated heterocycles. The summed E-state index contributed by atoms with van der Waals surface area (Å²) in [6.45, 7) is 1.22. The minimum Gasteiger partial charge on any atom is -0.489 e. The molecule has 236 valence electrons. The average molecular weight is 630 g/mol. The highest BCUT2D eigenvalue weighted by Gasteiger charge is 2.39. The van der Waals surface area contributed by atoms with Crippen LogP contribution in [0.1, 0.15) is 30.4 Å². The van der Waals surface area contributed by atoms with E-state index in [-0.39, 0.29) is 50.1 Å². The van der Waals surface area contributed by atoms with E-state index in [1.54, 1.807) is 14.7 Å². The highest BCUT2D eigenvalue weighted by atomic mass is 19.4. The summed E-state index contributed by atoms with van der Waals surface area (Å²) < 4.78 is 98.0. The number of benzene rings is 1. The first-order valence-corrected chi connectivity index (χ1v) is 13.6. The van der Waals surface area contributed by atoms with Gasteiger partial charge in [0.1, 0.15) is 29.1 Å². The molecule has 2 atom stereocenters. The van der Waals surface area contributed by atoms with Crippen molar-refractivity contribution in [3.63, 3.8) is 0 Å². The molecule has 2 aromatic heterocycles. The topological polar surface area (TPSA) is 108 Å². The molecule has 2 aliphatic heterocycles. The van der Waals surface area contributed by atoms with Crippen LogP contribution in [0.2, 0.25) is 0 Å². The third-order valence-corrected chi connectivity index (χ3v) is 7.45. The van der Waals surface area contributed by atoms with Crippen molar-refractivity contribution in [1.29, 1.82) is 0 Å². The molecule has 0 unspecified atom stereocenters. The van der Waals surface area contributed by atoms with Gasteiger partial charge in [-0.25, -0.2) is 19.5 Å². The molecule has 44 heavy (non-hydrogen) atoms. The zero-order valence-electron chi connectivity index (χ0n) is 22.9. The first kappa shape index (κ1) is 31.0. The number of piperazine rings is 1. The fourth-order valence-corrected chi connectivity index (χ4v) is 5.21. The van der Waals surface area contributed by atoms with Crippen molar-refractivity contribution in [2.75, 3.05) is 42.5 Å². The number of H-pyrrole nitrogens is 1. The molecular formula is C27H26F7N7O3. The number of anilines is 2. The Morgan fingerprint density at radius 2 is 1.64 bits per heavy atom. The summed E-state index contributed by atoms with van der Waals surface area (Å²) >= 11 is 0. The van der Waals surface area contributed by atoms with E-state index in [4.69, 9.17) is 4.74 Å². The van der Waals surface area contributed by atoms with E-state index < -0.39 is 47.0 Å². The van der Waals surface area contributed by atoms with Crippen LogP contribution in [0.4, 0.5) is 42.5 Å². The molecule has 0 bridgehead atoms. The lowest BCUT2D eigenvalue weighted by atomic mass is 10.1. The maximum atomic E-state index is 13.4. The molecule has 5 rings (SSSR count). The van der Waals surface area contributed by atoms with Gasteiger partial charge in [0, 0.05) is 63.5 Å². The normalized spacial score (nSPS) is 19.4. The standard InChI is InChI=1S/C27H26F7N7O3/c28-17-1-4-19(5-2-17)44-20-11-18(41(15-20)22-12-21(27(32,33)34)24(43)38-37-22)3-6-23(42)39-7-9-40(10-8-39)25-35-13-16(14-36-25)26(29,30)31/h1-2,4-5,12-14,18,20H,3,6-11,15H2,(H,38,43)/t18-,20+/m1/s1. The van der Waals surface area contributed by atoms with Crippen LogP contribution in [0.5, 0.6) is 5.75 Å². The lowest BCUT2D eigenvalue weighted by Crippen LogP contribution is -2.49. The number of nitrogens with one attached hydrogen (secondary N) is 1. The van der Waals surface area contributed by atoms with Gasteiger partial charge in [-0.3, -0.25) is 9.59 Å². The predicted molar refractivity (Wildman–Crippen MR) is 141 cm³/mol. The number of halogens is 7. The Balaban J connectivity index is 1.23. The van der Waals surface area contributed by atoms with Crippen LogP contribution in [-0.4, -0.2) is 75.8 Å². The van der Waals surface area contributed by atoms with Crippen molar-refractivity contribution in [2.45, 2.75) is 43.8 Å². The van der Waals surface area contributed by atoms with E-state index in [0.29, 0.717) is 43.7 Å². The number of nitrogens with zero attached hydrogens (tertiary/aromatic N) is 6. The number of carbonyl (C=O) groups is 1. The SMILES string of the molecule is O=C(CC[C@@H]1C[C@H](Oc2ccc(F)cc2)CN1c1cc(C(F)(F)F)c(=O)[nH]n1)N1CCN(c2ncc(C(F)(F)F)cn2)CC1. The van der Waals surface area contributed by atoms with Crippen molar-refractivity contribution >= 4 is 17.7 Å². The number of aromatic amines is 1. The molecule has 2 aliphatic rings. The van der Waals surface area contributed by atoms with Gasteiger partial charge in [-0.1, -0.05) is 0 Å². The van der Waals surface area contributed by atoms with Gasteiger partial charge in [0.05, 0.1) is 12.1 Å². The van der Waals surface area contributed by atoms with E-state index in [1.807, 2.05) is 5.10 Å². The van der Waals surface area contributed by atoms with Crippen molar-refractivity contribution in [1.82, 2.24) is 25.1 Å². The fourth-order valence-electron chi connectivity index (χ4n) is 5.21. The highest BCUT2D eigenvalue weighted by molar-refractivity contribution is 5.76. The van der Waals surface area contributed by atoms with Gasteiger partial charge >= 0.3 is 12.4 Å². The lowest BCUT2D eigenvalue weighted by Gasteiger charge is -2.35. The summed E-state index contributed by atoms with van der Waals surface area (Å²) in [5.41, 5.74) is -3.75. The van der Waals surface area contributed by atoms with Gasteiger partial charge in [0.25, 0.3) is 5.56 Å². The predicted octanol–water partition coefficient (Wildman–Crippen LogP) is 3.89. The molecule has 2 fully saturated rings. The Bertz CT molecular complexity index is 1510. The van der Waals surface area contributed by atoms with Gasteiger partial charge in [-0.2, -0.15) is 31.4 Å².